The summed E-state index contributed by atoms with van der Waals surface area (Å²) in [5.74, 6) is 1.72. The average Bonchev–Trinajstić information content (AvgIpc) is 2.93. The number of rotatable bonds is 5. The highest BCUT2D eigenvalue weighted by atomic mass is 35.5. The van der Waals surface area contributed by atoms with Gasteiger partial charge in [-0.1, -0.05) is 20.3 Å². The summed E-state index contributed by atoms with van der Waals surface area (Å²) in [5.41, 5.74) is 5.76. The van der Waals surface area contributed by atoms with Crippen molar-refractivity contribution < 1.29 is 9.53 Å². The van der Waals surface area contributed by atoms with Gasteiger partial charge in [0.15, 0.2) is 0 Å². The van der Waals surface area contributed by atoms with Crippen LogP contribution in [0.5, 0.6) is 0 Å². The van der Waals surface area contributed by atoms with Crippen LogP contribution in [0.2, 0.25) is 0 Å². The van der Waals surface area contributed by atoms with E-state index in [1.807, 2.05) is 0 Å². The molecule has 2 aliphatic rings. The van der Waals surface area contributed by atoms with Gasteiger partial charge >= 0.3 is 0 Å². The van der Waals surface area contributed by atoms with Gasteiger partial charge in [-0.05, 0) is 44.1 Å². The van der Waals surface area contributed by atoms with Gasteiger partial charge in [0.2, 0.25) is 5.91 Å². The van der Waals surface area contributed by atoms with Crippen LogP contribution in [-0.2, 0) is 9.53 Å². The van der Waals surface area contributed by atoms with E-state index >= 15 is 0 Å². The lowest BCUT2D eigenvalue weighted by Gasteiger charge is -2.34. The summed E-state index contributed by atoms with van der Waals surface area (Å²) in [5, 5.41) is 3.17. The van der Waals surface area contributed by atoms with Gasteiger partial charge in [0.25, 0.3) is 0 Å². The predicted octanol–water partition coefficient (Wildman–Crippen LogP) is 2.35. The zero-order chi connectivity index (χ0) is 14.5. The van der Waals surface area contributed by atoms with Crippen molar-refractivity contribution in [3.8, 4) is 0 Å². The monoisotopic (exact) mass is 318 g/mol. The molecule has 1 aliphatic carbocycles. The minimum atomic E-state index is 0. The summed E-state index contributed by atoms with van der Waals surface area (Å²) in [6, 6.07) is 0. The predicted molar refractivity (Wildman–Crippen MR) is 87.4 cm³/mol. The Morgan fingerprint density at radius 1 is 1.24 bits per heavy atom. The molecule has 4 nitrogen and oxygen atoms in total. The minimum absolute atomic E-state index is 0. The zero-order valence-corrected chi connectivity index (χ0v) is 14.2. The molecule has 2 fully saturated rings. The van der Waals surface area contributed by atoms with E-state index in [-0.39, 0.29) is 30.3 Å². The van der Waals surface area contributed by atoms with Crippen LogP contribution in [0.25, 0.3) is 0 Å². The molecular formula is C16H31ClN2O2. The maximum absolute atomic E-state index is 12.3. The van der Waals surface area contributed by atoms with Crippen LogP contribution in [0, 0.1) is 23.7 Å². The van der Waals surface area contributed by atoms with Gasteiger partial charge in [0.1, 0.15) is 0 Å². The number of ether oxygens (including phenoxy) is 1. The molecule has 3 N–H and O–H groups in total. The van der Waals surface area contributed by atoms with Crippen molar-refractivity contribution in [3.05, 3.63) is 0 Å². The van der Waals surface area contributed by atoms with E-state index in [4.69, 9.17) is 10.5 Å². The molecule has 124 valence electrons. The van der Waals surface area contributed by atoms with Crippen LogP contribution in [0.3, 0.4) is 0 Å². The number of carbonyl (C=O) groups excluding carboxylic acids is 1. The Bertz CT molecular complexity index is 325. The Kier molecular flexibility index (Phi) is 7.99. The van der Waals surface area contributed by atoms with Crippen LogP contribution >= 0.6 is 12.4 Å². The molecule has 1 heterocycles. The number of nitrogens with one attached hydrogen (secondary N) is 1. The van der Waals surface area contributed by atoms with Gasteiger partial charge in [-0.25, -0.2) is 0 Å². The number of nitrogens with two attached hydrogens (primary N) is 1. The first-order chi connectivity index (χ1) is 9.63. The minimum Gasteiger partial charge on any atom is -0.378 e. The molecule has 0 aromatic heterocycles. The standard InChI is InChI=1S/C16H30N2O2.ClH/c1-11(2)15-13(6-4-8-20-15)10-18-16(19)14-7-3-5-12(14)9-17;/h11-15H,3-10,17H2,1-2H3,(H,18,19);1H/t12-,13?,14-,15?;/m1./s1. The molecular weight excluding hydrogens is 288 g/mol. The molecule has 0 aromatic rings. The number of hydrogen-bond acceptors (Lipinski definition) is 3. The van der Waals surface area contributed by atoms with Crippen molar-refractivity contribution in [1.82, 2.24) is 5.32 Å². The molecule has 1 saturated heterocycles. The molecule has 4 atom stereocenters. The van der Waals surface area contributed by atoms with Crippen molar-refractivity contribution >= 4 is 18.3 Å². The van der Waals surface area contributed by atoms with Gasteiger partial charge in [0, 0.05) is 25.0 Å². The van der Waals surface area contributed by atoms with E-state index in [0.29, 0.717) is 24.3 Å². The molecule has 5 heteroatoms. The SMILES string of the molecule is CC(C)C1OCCCC1CNC(=O)[C@@H]1CCC[C@@H]1CN.Cl. The third-order valence-corrected chi connectivity index (χ3v) is 4.99. The summed E-state index contributed by atoms with van der Waals surface area (Å²) < 4.78 is 5.88. The van der Waals surface area contributed by atoms with Crippen molar-refractivity contribution in [3.63, 3.8) is 0 Å². The highest BCUT2D eigenvalue weighted by molar-refractivity contribution is 5.85. The lowest BCUT2D eigenvalue weighted by Crippen LogP contribution is -2.43. The summed E-state index contributed by atoms with van der Waals surface area (Å²) in [7, 11) is 0. The first-order valence-corrected chi connectivity index (χ1v) is 8.22. The molecule has 0 spiro atoms. The van der Waals surface area contributed by atoms with Crippen LogP contribution < -0.4 is 11.1 Å². The van der Waals surface area contributed by atoms with Gasteiger partial charge < -0.3 is 15.8 Å². The van der Waals surface area contributed by atoms with Gasteiger partial charge in [-0.3, -0.25) is 4.79 Å². The number of hydrogen-bond donors (Lipinski definition) is 2. The maximum Gasteiger partial charge on any atom is 0.223 e. The molecule has 2 rings (SSSR count). The van der Waals surface area contributed by atoms with Crippen LogP contribution in [0.1, 0.15) is 46.0 Å². The third-order valence-electron chi connectivity index (χ3n) is 4.99. The van der Waals surface area contributed by atoms with Crippen molar-refractivity contribution in [2.75, 3.05) is 19.7 Å². The van der Waals surface area contributed by atoms with E-state index in [9.17, 15) is 4.79 Å². The van der Waals surface area contributed by atoms with E-state index in [0.717, 1.165) is 45.3 Å². The fourth-order valence-corrected chi connectivity index (χ4v) is 3.85. The normalized spacial score (nSPS) is 32.8. The quantitative estimate of drug-likeness (QED) is 0.818. The van der Waals surface area contributed by atoms with Crippen molar-refractivity contribution in [1.29, 1.82) is 0 Å². The van der Waals surface area contributed by atoms with Crippen LogP contribution in [-0.4, -0.2) is 31.7 Å². The second-order valence-corrected chi connectivity index (χ2v) is 6.76. The van der Waals surface area contributed by atoms with E-state index in [2.05, 4.69) is 19.2 Å². The Balaban J connectivity index is 0.00000220. The highest BCUT2D eigenvalue weighted by Crippen LogP contribution is 2.31. The molecule has 1 saturated carbocycles. The fraction of sp³-hybridized carbons (Fsp3) is 0.938. The zero-order valence-electron chi connectivity index (χ0n) is 13.3. The average molecular weight is 319 g/mol. The van der Waals surface area contributed by atoms with Crippen molar-refractivity contribution in [2.24, 2.45) is 29.4 Å². The number of amides is 1. The first-order valence-electron chi connectivity index (χ1n) is 8.22. The molecule has 1 amide bonds. The Morgan fingerprint density at radius 2 is 1.95 bits per heavy atom. The Hall–Kier alpha value is -0.320. The lowest BCUT2D eigenvalue weighted by molar-refractivity contribution is -0.127. The Morgan fingerprint density at radius 3 is 2.62 bits per heavy atom. The number of halogens is 1. The fourth-order valence-electron chi connectivity index (χ4n) is 3.85. The van der Waals surface area contributed by atoms with E-state index < -0.39 is 0 Å². The smallest absolute Gasteiger partial charge is 0.223 e. The second kappa shape index (κ2) is 8.96. The van der Waals surface area contributed by atoms with Crippen LogP contribution in [0.15, 0.2) is 0 Å². The Labute approximate surface area is 135 Å². The molecule has 0 bridgehead atoms. The largest absolute Gasteiger partial charge is 0.378 e. The molecule has 0 aromatic carbocycles. The molecule has 0 radical (unpaired) electrons. The topological polar surface area (TPSA) is 64.3 Å². The molecule has 21 heavy (non-hydrogen) atoms. The summed E-state index contributed by atoms with van der Waals surface area (Å²) in [6.07, 6.45) is 5.81. The number of carbonyl (C=O) groups is 1. The highest BCUT2D eigenvalue weighted by Gasteiger charge is 2.33. The van der Waals surface area contributed by atoms with E-state index in [1.54, 1.807) is 0 Å². The lowest BCUT2D eigenvalue weighted by atomic mass is 9.87. The maximum atomic E-state index is 12.3. The summed E-state index contributed by atoms with van der Waals surface area (Å²) in [6.45, 7) is 6.67. The first kappa shape index (κ1) is 18.7. The van der Waals surface area contributed by atoms with Gasteiger partial charge in [-0.2, -0.15) is 0 Å². The third kappa shape index (κ3) is 4.83. The van der Waals surface area contributed by atoms with Crippen LogP contribution in [0.4, 0.5) is 0 Å². The van der Waals surface area contributed by atoms with E-state index in [1.165, 1.54) is 0 Å². The summed E-state index contributed by atoms with van der Waals surface area (Å²) in [4.78, 5) is 12.3. The van der Waals surface area contributed by atoms with Crippen molar-refractivity contribution in [2.45, 2.75) is 52.1 Å². The summed E-state index contributed by atoms with van der Waals surface area (Å²) >= 11 is 0. The van der Waals surface area contributed by atoms with Gasteiger partial charge in [0.05, 0.1) is 6.10 Å². The molecule has 1 aliphatic heterocycles. The second-order valence-electron chi connectivity index (χ2n) is 6.76. The van der Waals surface area contributed by atoms with Gasteiger partial charge in [-0.15, -0.1) is 12.4 Å². The molecule has 2 unspecified atom stereocenters.